The van der Waals surface area contributed by atoms with E-state index < -0.39 is 35.2 Å². The molecule has 1 rings (SSSR count). The second kappa shape index (κ2) is 8.37. The van der Waals surface area contributed by atoms with Crippen LogP contribution < -0.4 is 0 Å². The minimum Gasteiger partial charge on any atom is -0.442 e. The Bertz CT molecular complexity index is 476. The Balaban J connectivity index is 2.85. The first kappa shape index (κ1) is 21.0. The third kappa shape index (κ3) is 8.06. The van der Waals surface area contributed by atoms with E-state index in [1.165, 1.54) is 5.56 Å². The molecule has 0 fully saturated rings. The maximum absolute atomic E-state index is 6.64. The number of rotatable bonds is 9. The molecule has 0 saturated carbocycles. The summed E-state index contributed by atoms with van der Waals surface area (Å²) < 4.78 is 19.3. The third-order valence-corrected chi connectivity index (χ3v) is 16.6. The fraction of sp³-hybridized carbons (Fsp3) is 0.625. The first-order valence-corrected chi connectivity index (χ1v) is 19.3. The molecule has 0 spiro atoms. The van der Waals surface area contributed by atoms with Crippen LogP contribution in [0.25, 0.3) is 0 Å². The van der Waals surface area contributed by atoms with E-state index in [0.717, 1.165) is 6.04 Å². The molecule has 0 N–H and O–H groups in total. The lowest BCUT2D eigenvalue weighted by molar-refractivity contribution is 0.329. The second-order valence-electron chi connectivity index (χ2n) is 7.80. The van der Waals surface area contributed by atoms with Gasteiger partial charge in [-0.25, -0.2) is 0 Å². The van der Waals surface area contributed by atoms with E-state index in [9.17, 15) is 0 Å². The Morgan fingerprint density at radius 3 is 2.00 bits per heavy atom. The second-order valence-corrected chi connectivity index (χ2v) is 20.9. The third-order valence-electron chi connectivity index (χ3n) is 3.51. The molecule has 3 nitrogen and oxygen atoms in total. The normalized spacial score (nSPS) is 17.4. The molecule has 23 heavy (non-hydrogen) atoms. The summed E-state index contributed by atoms with van der Waals surface area (Å²) >= 11 is 0. The molecule has 1 aromatic rings. The average Bonchev–Trinajstić information content (AvgIpc) is 2.35. The molecule has 1 aromatic carbocycles. The standard InChI is InChI=1S/C16H34O3Si4/c1-15(16-12-10-9-11-13-16)14-23(8,17-20-2)19-22(6,7)18-21(3,4)5/h9-13,15H,14,20H2,1-8H3. The molecule has 132 valence electrons. The maximum Gasteiger partial charge on any atom is 0.316 e. The van der Waals surface area contributed by atoms with E-state index in [2.05, 4.69) is 83.1 Å². The van der Waals surface area contributed by atoms with Crippen LogP contribution in [0.4, 0.5) is 0 Å². The van der Waals surface area contributed by atoms with Crippen LogP contribution in [0.2, 0.25) is 51.9 Å². The van der Waals surface area contributed by atoms with Gasteiger partial charge in [-0.1, -0.05) is 43.8 Å². The van der Waals surface area contributed by atoms with Gasteiger partial charge in [0.05, 0.1) is 0 Å². The van der Waals surface area contributed by atoms with Crippen molar-refractivity contribution in [2.75, 3.05) is 0 Å². The molecule has 0 radical (unpaired) electrons. The van der Waals surface area contributed by atoms with Gasteiger partial charge in [-0.2, -0.15) is 0 Å². The van der Waals surface area contributed by atoms with Crippen molar-refractivity contribution in [2.45, 2.75) is 64.7 Å². The smallest absolute Gasteiger partial charge is 0.316 e. The van der Waals surface area contributed by atoms with Gasteiger partial charge in [0.1, 0.15) is 9.76 Å². The zero-order chi connectivity index (χ0) is 17.7. The van der Waals surface area contributed by atoms with E-state index in [1.807, 2.05) is 0 Å². The number of benzene rings is 1. The maximum atomic E-state index is 6.64. The SMILES string of the molecule is C[SiH2]O[Si](C)(CC(C)c1ccccc1)O[Si](C)(C)O[Si](C)(C)C. The molecule has 0 amide bonds. The first-order valence-electron chi connectivity index (χ1n) is 8.55. The number of hydrogen-bond donors (Lipinski definition) is 0. The van der Waals surface area contributed by atoms with Crippen LogP contribution in [0.15, 0.2) is 30.3 Å². The van der Waals surface area contributed by atoms with Crippen molar-refractivity contribution in [3.8, 4) is 0 Å². The zero-order valence-corrected chi connectivity index (χ0v) is 20.5. The molecule has 7 heteroatoms. The van der Waals surface area contributed by atoms with Crippen LogP contribution >= 0.6 is 0 Å². The fourth-order valence-electron chi connectivity index (χ4n) is 3.17. The largest absolute Gasteiger partial charge is 0.442 e. The van der Waals surface area contributed by atoms with E-state index >= 15 is 0 Å². The van der Waals surface area contributed by atoms with E-state index in [-0.39, 0.29) is 0 Å². The van der Waals surface area contributed by atoms with Gasteiger partial charge in [0.25, 0.3) is 0 Å². The van der Waals surface area contributed by atoms with Crippen LogP contribution in [-0.4, -0.2) is 35.2 Å². The van der Waals surface area contributed by atoms with Gasteiger partial charge in [0.15, 0.2) is 8.32 Å². The summed E-state index contributed by atoms with van der Waals surface area (Å²) in [7, 11) is -6.48. The Hall–Kier alpha value is -0.0325. The number of hydrogen-bond acceptors (Lipinski definition) is 3. The summed E-state index contributed by atoms with van der Waals surface area (Å²) in [5.41, 5.74) is 1.36. The highest BCUT2D eigenvalue weighted by molar-refractivity contribution is 6.87. The fourth-order valence-corrected chi connectivity index (χ4v) is 19.1. The van der Waals surface area contributed by atoms with Crippen molar-refractivity contribution in [3.05, 3.63) is 35.9 Å². The summed E-state index contributed by atoms with van der Waals surface area (Å²) in [6.07, 6.45) is 0. The molecular formula is C16H34O3Si4. The highest BCUT2D eigenvalue weighted by Gasteiger charge is 2.42. The lowest BCUT2D eigenvalue weighted by Gasteiger charge is -2.39. The van der Waals surface area contributed by atoms with Crippen molar-refractivity contribution < 1.29 is 12.3 Å². The van der Waals surface area contributed by atoms with Crippen molar-refractivity contribution in [1.82, 2.24) is 0 Å². The summed E-state index contributed by atoms with van der Waals surface area (Å²) in [5.74, 6) is 0.449. The average molecular weight is 387 g/mol. The van der Waals surface area contributed by atoms with Crippen molar-refractivity contribution in [2.24, 2.45) is 0 Å². The van der Waals surface area contributed by atoms with Crippen LogP contribution in [0.1, 0.15) is 18.4 Å². The van der Waals surface area contributed by atoms with Crippen LogP contribution in [-0.2, 0) is 12.3 Å². The van der Waals surface area contributed by atoms with Gasteiger partial charge in [0.2, 0.25) is 0 Å². The summed E-state index contributed by atoms with van der Waals surface area (Å²) in [6.45, 7) is 17.7. The summed E-state index contributed by atoms with van der Waals surface area (Å²) in [5, 5.41) is 0. The zero-order valence-electron chi connectivity index (χ0n) is 16.1. The quantitative estimate of drug-likeness (QED) is 0.581. The predicted molar refractivity (Wildman–Crippen MR) is 110 cm³/mol. The molecule has 0 aliphatic rings. The van der Waals surface area contributed by atoms with Gasteiger partial charge in [-0.05, 0) is 56.8 Å². The van der Waals surface area contributed by atoms with Crippen molar-refractivity contribution in [1.29, 1.82) is 0 Å². The van der Waals surface area contributed by atoms with Crippen molar-refractivity contribution in [3.63, 3.8) is 0 Å². The summed E-state index contributed by atoms with van der Waals surface area (Å²) in [6, 6.07) is 11.7. The molecular weight excluding hydrogens is 353 g/mol. The molecule has 0 saturated heterocycles. The monoisotopic (exact) mass is 386 g/mol. The van der Waals surface area contributed by atoms with Gasteiger partial charge < -0.3 is 12.3 Å². The molecule has 2 unspecified atom stereocenters. The Kier molecular flexibility index (Phi) is 7.65. The highest BCUT2D eigenvalue weighted by Crippen LogP contribution is 2.30. The lowest BCUT2D eigenvalue weighted by atomic mass is 10.0. The molecule has 0 aromatic heterocycles. The summed E-state index contributed by atoms with van der Waals surface area (Å²) in [4.78, 5) is 0. The van der Waals surface area contributed by atoms with Gasteiger partial charge in [-0.3, -0.25) is 0 Å². The van der Waals surface area contributed by atoms with E-state index in [0.29, 0.717) is 5.92 Å². The highest BCUT2D eigenvalue weighted by atomic mass is 28.5. The van der Waals surface area contributed by atoms with Gasteiger partial charge in [0, 0.05) is 0 Å². The molecule has 0 aliphatic carbocycles. The minimum absolute atomic E-state index is 0.449. The lowest BCUT2D eigenvalue weighted by Crippen LogP contribution is -2.54. The topological polar surface area (TPSA) is 27.7 Å². The van der Waals surface area contributed by atoms with Crippen LogP contribution in [0.5, 0.6) is 0 Å². The Morgan fingerprint density at radius 2 is 1.52 bits per heavy atom. The van der Waals surface area contributed by atoms with Crippen LogP contribution in [0.3, 0.4) is 0 Å². The molecule has 0 aliphatic heterocycles. The van der Waals surface area contributed by atoms with Crippen molar-refractivity contribution >= 4 is 35.2 Å². The van der Waals surface area contributed by atoms with Crippen LogP contribution in [0, 0.1) is 0 Å². The molecule has 2 atom stereocenters. The van der Waals surface area contributed by atoms with E-state index in [1.54, 1.807) is 0 Å². The van der Waals surface area contributed by atoms with Gasteiger partial charge >= 0.3 is 17.1 Å². The molecule has 0 bridgehead atoms. The van der Waals surface area contributed by atoms with E-state index in [4.69, 9.17) is 12.3 Å². The minimum atomic E-state index is -2.21. The van der Waals surface area contributed by atoms with Gasteiger partial charge in [-0.15, -0.1) is 0 Å². The first-order chi connectivity index (χ1) is 10.5. The predicted octanol–water partition coefficient (Wildman–Crippen LogP) is 4.58. The Labute approximate surface area is 148 Å². The Morgan fingerprint density at radius 1 is 0.957 bits per heavy atom. The molecule has 0 heterocycles.